The Morgan fingerprint density at radius 3 is 2.24 bits per heavy atom. The molecular weight excluding hydrogens is 601 g/mol. The lowest BCUT2D eigenvalue weighted by molar-refractivity contribution is -0.0174. The van der Waals surface area contributed by atoms with Crippen LogP contribution in [0, 0.1) is 23.4 Å². The molecule has 45 heavy (non-hydrogen) atoms. The third-order valence-electron chi connectivity index (χ3n) is 7.71. The van der Waals surface area contributed by atoms with E-state index in [9.17, 15) is 22.8 Å². The number of anilines is 1. The summed E-state index contributed by atoms with van der Waals surface area (Å²) in [5, 5.41) is 2.83. The molecule has 1 aromatic carbocycles. The van der Waals surface area contributed by atoms with Crippen molar-refractivity contribution in [1.82, 2.24) is 14.9 Å². The highest BCUT2D eigenvalue weighted by atomic mass is 32.2. The average Bonchev–Trinajstić information content (AvgIpc) is 2.91. The number of ether oxygens (including phenoxy) is 1. The van der Waals surface area contributed by atoms with Gasteiger partial charge in [-0.15, -0.1) is 11.8 Å². The molecule has 1 N–H and O–H groups in total. The average molecular weight is 643 g/mol. The van der Waals surface area contributed by atoms with Crippen LogP contribution >= 0.6 is 11.8 Å². The molecule has 0 aliphatic heterocycles. The highest BCUT2D eigenvalue weighted by Gasteiger charge is 2.41. The maximum Gasteiger partial charge on any atom is 0.410 e. The molecule has 1 aliphatic carbocycles. The quantitative estimate of drug-likeness (QED) is 0.271. The molecule has 3 atom stereocenters. The van der Waals surface area contributed by atoms with E-state index in [0.717, 1.165) is 54.4 Å². The Labute approximate surface area is 267 Å². The van der Waals surface area contributed by atoms with Gasteiger partial charge in [-0.2, -0.15) is 0 Å². The molecule has 0 saturated heterocycles. The van der Waals surface area contributed by atoms with E-state index < -0.39 is 45.8 Å². The number of halogens is 3. The fraction of sp³-hybridized carbons (Fsp3) is 0.471. The van der Waals surface area contributed by atoms with Crippen molar-refractivity contribution in [3.8, 4) is 11.3 Å². The van der Waals surface area contributed by atoms with Crippen LogP contribution in [0.5, 0.6) is 0 Å². The van der Waals surface area contributed by atoms with Crippen LogP contribution in [0.3, 0.4) is 0 Å². The molecule has 4 rings (SSSR count). The monoisotopic (exact) mass is 642 g/mol. The number of hydrogen-bond acceptors (Lipinski definition) is 6. The van der Waals surface area contributed by atoms with E-state index in [1.807, 2.05) is 52.5 Å². The summed E-state index contributed by atoms with van der Waals surface area (Å²) >= 11 is 1.14. The third-order valence-corrected chi connectivity index (χ3v) is 8.41. The highest BCUT2D eigenvalue weighted by Crippen LogP contribution is 2.42. The van der Waals surface area contributed by atoms with Crippen molar-refractivity contribution in [3.05, 3.63) is 71.4 Å². The summed E-state index contributed by atoms with van der Waals surface area (Å²) in [5.41, 5.74) is -1.32. The normalized spacial score (nSPS) is 18.8. The minimum absolute atomic E-state index is 0.0285. The topological polar surface area (TPSA) is 84.4 Å². The van der Waals surface area contributed by atoms with Crippen LogP contribution in [0.4, 0.5) is 23.7 Å². The summed E-state index contributed by atoms with van der Waals surface area (Å²) < 4.78 is 50.2. The number of carbonyl (C=O) groups excluding carboxylic acids is 2. The van der Waals surface area contributed by atoms with Gasteiger partial charge < -0.3 is 15.0 Å². The molecule has 2 amide bonds. The van der Waals surface area contributed by atoms with Gasteiger partial charge in [-0.05, 0) is 115 Å². The summed E-state index contributed by atoms with van der Waals surface area (Å²) in [7, 11) is 0. The van der Waals surface area contributed by atoms with Gasteiger partial charge in [0.05, 0.1) is 17.4 Å². The molecule has 0 radical (unpaired) electrons. The van der Waals surface area contributed by atoms with Crippen LogP contribution in [0.25, 0.3) is 11.3 Å². The Balaban J connectivity index is 1.63. The number of carbonyl (C=O) groups is 2. The van der Waals surface area contributed by atoms with Crippen molar-refractivity contribution in [2.24, 2.45) is 5.92 Å². The number of thioether (sulfide) groups is 1. The van der Waals surface area contributed by atoms with Gasteiger partial charge in [-0.25, -0.2) is 22.9 Å². The molecule has 2 aromatic heterocycles. The minimum atomic E-state index is -0.977. The summed E-state index contributed by atoms with van der Waals surface area (Å²) in [6, 6.07) is 6.05. The fourth-order valence-corrected chi connectivity index (χ4v) is 6.45. The van der Waals surface area contributed by atoms with Gasteiger partial charge in [0.1, 0.15) is 34.4 Å². The van der Waals surface area contributed by atoms with Crippen molar-refractivity contribution >= 4 is 29.4 Å². The first kappa shape index (κ1) is 34.3. The van der Waals surface area contributed by atoms with E-state index in [-0.39, 0.29) is 29.7 Å². The van der Waals surface area contributed by atoms with Crippen molar-refractivity contribution in [2.75, 3.05) is 11.6 Å². The van der Waals surface area contributed by atoms with Gasteiger partial charge in [-0.1, -0.05) is 6.92 Å². The number of pyridine rings is 2. The lowest BCUT2D eigenvalue weighted by Gasteiger charge is -2.46. The molecule has 1 saturated carbocycles. The Bertz CT molecular complexity index is 1550. The summed E-state index contributed by atoms with van der Waals surface area (Å²) in [6.07, 6.45) is 6.73. The van der Waals surface area contributed by atoms with E-state index in [0.29, 0.717) is 17.0 Å². The number of benzene rings is 1. The number of hydrogen-bond donors (Lipinski definition) is 1. The lowest BCUT2D eigenvalue weighted by atomic mass is 9.75. The van der Waals surface area contributed by atoms with Gasteiger partial charge in [0.15, 0.2) is 0 Å². The highest BCUT2D eigenvalue weighted by molar-refractivity contribution is 7.98. The van der Waals surface area contributed by atoms with Gasteiger partial charge in [0.25, 0.3) is 5.91 Å². The molecule has 3 aromatic rings. The van der Waals surface area contributed by atoms with E-state index in [1.165, 1.54) is 6.20 Å². The Morgan fingerprint density at radius 2 is 1.64 bits per heavy atom. The van der Waals surface area contributed by atoms with Crippen molar-refractivity contribution in [3.63, 3.8) is 0 Å². The first-order valence-electron chi connectivity index (χ1n) is 15.0. The number of nitrogens with one attached hydrogen (secondary N) is 1. The smallest absolute Gasteiger partial charge is 0.410 e. The summed E-state index contributed by atoms with van der Waals surface area (Å²) in [5.74, 6) is -3.36. The number of aromatic nitrogens is 2. The van der Waals surface area contributed by atoms with Crippen molar-refractivity contribution in [2.45, 2.75) is 95.7 Å². The molecule has 0 bridgehead atoms. The number of rotatable bonds is 6. The minimum Gasteiger partial charge on any atom is -0.444 e. The van der Waals surface area contributed by atoms with Gasteiger partial charge in [0, 0.05) is 22.7 Å². The van der Waals surface area contributed by atoms with E-state index >= 15 is 0 Å². The Kier molecular flexibility index (Phi) is 10.2. The van der Waals surface area contributed by atoms with Crippen LogP contribution in [-0.2, 0) is 4.74 Å². The zero-order valence-corrected chi connectivity index (χ0v) is 27.8. The van der Waals surface area contributed by atoms with Gasteiger partial charge >= 0.3 is 6.09 Å². The molecule has 11 heteroatoms. The van der Waals surface area contributed by atoms with E-state index in [1.54, 1.807) is 12.5 Å². The number of amides is 2. The number of nitrogens with zero attached hydrogens (tertiary/aromatic N) is 3. The molecule has 2 heterocycles. The molecule has 1 fully saturated rings. The largest absolute Gasteiger partial charge is 0.444 e. The predicted octanol–water partition coefficient (Wildman–Crippen LogP) is 8.84. The molecule has 0 unspecified atom stereocenters. The van der Waals surface area contributed by atoms with Crippen LogP contribution < -0.4 is 5.32 Å². The third kappa shape index (κ3) is 8.17. The van der Waals surface area contributed by atoms with Crippen molar-refractivity contribution < 1.29 is 27.5 Å². The SMILES string of the molecule is CSc1cc(F)c(-c2nc(C(=O)Nc3cnccc3[C@@H]3C[C@H](C)C[C@H](N(C(=O)OC(C)(C)C)C(C)(C)C)C3)ccc2F)c(F)c1. The van der Waals surface area contributed by atoms with E-state index in [4.69, 9.17) is 4.74 Å². The fourth-order valence-electron chi connectivity index (χ4n) is 6.00. The van der Waals surface area contributed by atoms with E-state index in [2.05, 4.69) is 22.2 Å². The molecule has 7 nitrogen and oxygen atoms in total. The second-order valence-corrected chi connectivity index (χ2v) is 14.5. The maximum atomic E-state index is 14.8. The standard InChI is InChI=1S/C34H41F3N4O3S/c1-19-13-20(15-21(14-19)41(33(2,3)4)32(43)44-34(5,6)7)23-11-12-38-18-28(23)40-31(42)27-10-9-24(35)30(39-27)29-25(36)16-22(45-8)17-26(29)37/h9-12,16-21H,13-15H2,1-8H3,(H,40,42)/t19-,20+,21-/m0/s1. The molecular formula is C34H41F3N4O3S. The van der Waals surface area contributed by atoms with Crippen LogP contribution in [0.2, 0.25) is 0 Å². The molecule has 1 aliphatic rings. The van der Waals surface area contributed by atoms with Crippen LogP contribution in [0.1, 0.15) is 89.7 Å². The van der Waals surface area contributed by atoms with Crippen LogP contribution in [0.15, 0.2) is 47.6 Å². The summed E-state index contributed by atoms with van der Waals surface area (Å²) in [6.45, 7) is 13.6. The van der Waals surface area contributed by atoms with Crippen molar-refractivity contribution in [1.29, 1.82) is 0 Å². The van der Waals surface area contributed by atoms with Gasteiger partial charge in [-0.3, -0.25) is 9.78 Å². The molecule has 242 valence electrons. The molecule has 0 spiro atoms. The first-order chi connectivity index (χ1) is 21.0. The second-order valence-electron chi connectivity index (χ2n) is 13.6. The zero-order chi connectivity index (χ0) is 33.3. The maximum absolute atomic E-state index is 14.8. The predicted molar refractivity (Wildman–Crippen MR) is 171 cm³/mol. The zero-order valence-electron chi connectivity index (χ0n) is 27.0. The first-order valence-corrected chi connectivity index (χ1v) is 16.2. The lowest BCUT2D eigenvalue weighted by Crippen LogP contribution is -2.55. The Hall–Kier alpha value is -3.60. The van der Waals surface area contributed by atoms with Gasteiger partial charge in [0.2, 0.25) is 0 Å². The van der Waals surface area contributed by atoms with Crippen LogP contribution in [-0.4, -0.2) is 50.3 Å². The Morgan fingerprint density at radius 1 is 0.978 bits per heavy atom. The summed E-state index contributed by atoms with van der Waals surface area (Å²) in [4.78, 5) is 37.2. The second kappa shape index (κ2) is 13.4.